The third kappa shape index (κ3) is 2.85. The maximum atomic E-state index is 7.70. The molecule has 0 unspecified atom stereocenters. The molecule has 3 N–H and O–H groups in total. The van der Waals surface area contributed by atoms with Gasteiger partial charge in [0, 0.05) is 16.3 Å². The Balaban J connectivity index is 1.88. The molecule has 0 aliphatic heterocycles. The van der Waals surface area contributed by atoms with Crippen LogP contribution in [0.25, 0.3) is 0 Å². The molecule has 5 heteroatoms. The molecular formula is C16H16ClN3O. The highest BCUT2D eigenvalue weighted by molar-refractivity contribution is 6.31. The second-order valence-corrected chi connectivity index (χ2v) is 5.50. The Morgan fingerprint density at radius 2 is 2.14 bits per heavy atom. The average molecular weight is 302 g/mol. The van der Waals surface area contributed by atoms with Crippen molar-refractivity contribution >= 4 is 17.4 Å². The number of fused-ring (bicyclic) bond motifs is 1. The number of nitrogen functional groups attached to an aromatic ring is 1. The van der Waals surface area contributed by atoms with Gasteiger partial charge in [0.05, 0.1) is 5.56 Å². The van der Waals surface area contributed by atoms with E-state index in [0.717, 1.165) is 30.5 Å². The van der Waals surface area contributed by atoms with Gasteiger partial charge in [-0.2, -0.15) is 0 Å². The molecule has 21 heavy (non-hydrogen) atoms. The summed E-state index contributed by atoms with van der Waals surface area (Å²) in [5.74, 6) is 0.398. The Morgan fingerprint density at radius 1 is 1.33 bits per heavy atom. The number of ether oxygens (including phenoxy) is 1. The molecule has 3 rings (SSSR count). The van der Waals surface area contributed by atoms with Crippen molar-refractivity contribution in [2.24, 2.45) is 5.73 Å². The third-order valence-corrected chi connectivity index (χ3v) is 4.00. The molecule has 1 heterocycles. The van der Waals surface area contributed by atoms with E-state index in [9.17, 15) is 0 Å². The molecule has 0 saturated carbocycles. The van der Waals surface area contributed by atoms with Gasteiger partial charge < -0.3 is 10.5 Å². The number of amidine groups is 1. The smallest absolute Gasteiger partial charge is 0.225 e. The number of rotatable bonds is 4. The zero-order chi connectivity index (χ0) is 14.8. The number of hydrogen-bond acceptors (Lipinski definition) is 3. The molecule has 0 spiro atoms. The molecule has 0 saturated heterocycles. The molecule has 1 aromatic carbocycles. The molecule has 2 aromatic rings. The van der Waals surface area contributed by atoms with Crippen molar-refractivity contribution < 1.29 is 4.74 Å². The van der Waals surface area contributed by atoms with E-state index in [1.54, 1.807) is 0 Å². The fourth-order valence-electron chi connectivity index (χ4n) is 2.52. The maximum Gasteiger partial charge on any atom is 0.225 e. The van der Waals surface area contributed by atoms with Crippen LogP contribution >= 0.6 is 11.6 Å². The van der Waals surface area contributed by atoms with Gasteiger partial charge in [-0.05, 0) is 37.0 Å². The first-order chi connectivity index (χ1) is 10.1. The minimum atomic E-state index is -0.0219. The lowest BCUT2D eigenvalue weighted by Gasteiger charge is -2.12. The number of halogens is 1. The van der Waals surface area contributed by atoms with E-state index in [0.29, 0.717) is 23.1 Å². The molecule has 0 bridgehead atoms. The molecule has 0 radical (unpaired) electrons. The average Bonchev–Trinajstić information content (AvgIpc) is 2.92. The van der Waals surface area contributed by atoms with Gasteiger partial charge in [0.1, 0.15) is 12.4 Å². The van der Waals surface area contributed by atoms with Crippen molar-refractivity contribution in [1.29, 1.82) is 5.41 Å². The van der Waals surface area contributed by atoms with Gasteiger partial charge in [0.15, 0.2) is 0 Å². The summed E-state index contributed by atoms with van der Waals surface area (Å²) in [6.45, 7) is 0.311. The van der Waals surface area contributed by atoms with E-state index < -0.39 is 0 Å². The molecule has 1 aromatic heterocycles. The fraction of sp³-hybridized carbons (Fsp3) is 0.250. The van der Waals surface area contributed by atoms with E-state index in [1.807, 2.05) is 30.3 Å². The highest BCUT2D eigenvalue weighted by atomic mass is 35.5. The molecule has 0 fully saturated rings. The second-order valence-electron chi connectivity index (χ2n) is 5.09. The quantitative estimate of drug-likeness (QED) is 0.673. The summed E-state index contributed by atoms with van der Waals surface area (Å²) < 4.78 is 5.77. The number of nitrogens with zero attached hydrogens (tertiary/aromatic N) is 1. The van der Waals surface area contributed by atoms with Gasteiger partial charge in [0.25, 0.3) is 0 Å². The summed E-state index contributed by atoms with van der Waals surface area (Å²) in [6.07, 6.45) is 3.04. The van der Waals surface area contributed by atoms with Crippen LogP contribution in [0, 0.1) is 5.41 Å². The topological polar surface area (TPSA) is 72.0 Å². The standard InChI is InChI=1S/C16H16ClN3O/c17-13-6-2-1-4-11(13)9-21-16-12(15(18)19)8-10-5-3-7-14(10)20-16/h1-2,4,6,8H,3,5,7,9H2,(H3,18,19). The molecule has 108 valence electrons. The summed E-state index contributed by atoms with van der Waals surface area (Å²) in [4.78, 5) is 4.53. The molecule has 1 aliphatic carbocycles. The van der Waals surface area contributed by atoms with Gasteiger partial charge in [0.2, 0.25) is 5.88 Å². The van der Waals surface area contributed by atoms with Crippen LogP contribution in [0.3, 0.4) is 0 Å². The summed E-state index contributed by atoms with van der Waals surface area (Å²) in [5.41, 5.74) is 9.31. The number of aromatic nitrogens is 1. The summed E-state index contributed by atoms with van der Waals surface area (Å²) in [7, 11) is 0. The molecule has 1 aliphatic rings. The first-order valence-electron chi connectivity index (χ1n) is 6.88. The molecule has 4 nitrogen and oxygen atoms in total. The number of aryl methyl sites for hydroxylation is 2. The highest BCUT2D eigenvalue weighted by Crippen LogP contribution is 2.27. The van der Waals surface area contributed by atoms with E-state index in [4.69, 9.17) is 27.5 Å². The van der Waals surface area contributed by atoms with Crippen molar-refractivity contribution in [2.75, 3.05) is 0 Å². The van der Waals surface area contributed by atoms with Crippen LogP contribution in [-0.2, 0) is 19.4 Å². The summed E-state index contributed by atoms with van der Waals surface area (Å²) in [5, 5.41) is 8.35. The van der Waals surface area contributed by atoms with Gasteiger partial charge >= 0.3 is 0 Å². The van der Waals surface area contributed by atoms with Crippen molar-refractivity contribution in [3.05, 3.63) is 57.7 Å². The van der Waals surface area contributed by atoms with Crippen molar-refractivity contribution in [3.63, 3.8) is 0 Å². The lowest BCUT2D eigenvalue weighted by atomic mass is 10.1. The lowest BCUT2D eigenvalue weighted by Crippen LogP contribution is -2.15. The maximum absolute atomic E-state index is 7.70. The number of nitrogens with two attached hydrogens (primary N) is 1. The van der Waals surface area contributed by atoms with E-state index >= 15 is 0 Å². The predicted octanol–water partition coefficient (Wildman–Crippen LogP) is 3.09. The van der Waals surface area contributed by atoms with Gasteiger partial charge in [-0.3, -0.25) is 5.41 Å². The minimum Gasteiger partial charge on any atom is -0.472 e. The zero-order valence-corrected chi connectivity index (χ0v) is 12.3. The van der Waals surface area contributed by atoms with E-state index in [2.05, 4.69) is 4.98 Å². The Bertz CT molecular complexity index is 700. The Morgan fingerprint density at radius 3 is 2.90 bits per heavy atom. The first-order valence-corrected chi connectivity index (χ1v) is 7.26. The highest BCUT2D eigenvalue weighted by Gasteiger charge is 2.18. The van der Waals surface area contributed by atoms with Crippen molar-refractivity contribution in [1.82, 2.24) is 4.98 Å². The lowest BCUT2D eigenvalue weighted by molar-refractivity contribution is 0.292. The Kier molecular flexibility index (Phi) is 3.80. The Hall–Kier alpha value is -2.07. The normalized spacial score (nSPS) is 13.0. The van der Waals surface area contributed by atoms with Crippen LogP contribution in [0.4, 0.5) is 0 Å². The van der Waals surface area contributed by atoms with Crippen LogP contribution in [0.5, 0.6) is 5.88 Å². The Labute approximate surface area is 128 Å². The van der Waals surface area contributed by atoms with Gasteiger partial charge in [-0.1, -0.05) is 29.8 Å². The molecule has 0 atom stereocenters. The second kappa shape index (κ2) is 5.74. The van der Waals surface area contributed by atoms with Crippen LogP contribution in [-0.4, -0.2) is 10.8 Å². The summed E-state index contributed by atoms with van der Waals surface area (Å²) in [6, 6.07) is 9.44. The number of hydrogen-bond donors (Lipinski definition) is 2. The minimum absolute atomic E-state index is 0.0219. The SMILES string of the molecule is N=C(N)c1cc2c(nc1OCc1ccccc1Cl)CCC2. The van der Waals surface area contributed by atoms with Crippen molar-refractivity contribution in [2.45, 2.75) is 25.9 Å². The molecular weight excluding hydrogens is 286 g/mol. The van der Waals surface area contributed by atoms with Crippen LogP contribution < -0.4 is 10.5 Å². The van der Waals surface area contributed by atoms with Crippen molar-refractivity contribution in [3.8, 4) is 5.88 Å². The first kappa shape index (κ1) is 13.9. The molecule has 0 amide bonds. The third-order valence-electron chi connectivity index (χ3n) is 3.63. The summed E-state index contributed by atoms with van der Waals surface area (Å²) >= 11 is 6.12. The van der Waals surface area contributed by atoms with Gasteiger partial charge in [-0.25, -0.2) is 4.98 Å². The van der Waals surface area contributed by atoms with E-state index in [1.165, 1.54) is 5.56 Å². The monoisotopic (exact) mass is 301 g/mol. The largest absolute Gasteiger partial charge is 0.472 e. The zero-order valence-electron chi connectivity index (χ0n) is 11.5. The number of benzene rings is 1. The predicted molar refractivity (Wildman–Crippen MR) is 83.1 cm³/mol. The number of nitrogens with one attached hydrogen (secondary N) is 1. The van der Waals surface area contributed by atoms with Crippen LogP contribution in [0.15, 0.2) is 30.3 Å². The van der Waals surface area contributed by atoms with Gasteiger partial charge in [-0.15, -0.1) is 0 Å². The number of pyridine rings is 1. The van der Waals surface area contributed by atoms with Crippen LogP contribution in [0.1, 0.15) is 28.8 Å². The van der Waals surface area contributed by atoms with E-state index in [-0.39, 0.29) is 5.84 Å². The fourth-order valence-corrected chi connectivity index (χ4v) is 2.71. The van der Waals surface area contributed by atoms with Crippen LogP contribution in [0.2, 0.25) is 5.02 Å².